The van der Waals surface area contributed by atoms with E-state index in [1.54, 1.807) is 18.2 Å². The summed E-state index contributed by atoms with van der Waals surface area (Å²) in [5, 5.41) is 0. The Labute approximate surface area is 159 Å². The van der Waals surface area contributed by atoms with Crippen LogP contribution in [0.25, 0.3) is 0 Å². The van der Waals surface area contributed by atoms with Crippen molar-refractivity contribution in [2.45, 2.75) is 39.3 Å². The van der Waals surface area contributed by atoms with Crippen LogP contribution in [0.4, 0.5) is 4.39 Å². The number of hydrogen-bond donors (Lipinski definition) is 0. The molecule has 1 amide bonds. The Balaban J connectivity index is 1.96. The van der Waals surface area contributed by atoms with Crippen molar-refractivity contribution in [3.8, 4) is 0 Å². The predicted octanol–water partition coefficient (Wildman–Crippen LogP) is 2.48. The van der Waals surface area contributed by atoms with Gasteiger partial charge in [0.15, 0.2) is 5.78 Å². The molecule has 0 bridgehead atoms. The maximum Gasteiger partial charge on any atom is 0.249 e. The van der Waals surface area contributed by atoms with Gasteiger partial charge in [-0.1, -0.05) is 6.92 Å². The Morgan fingerprint density at radius 3 is 2.56 bits per heavy atom. The van der Waals surface area contributed by atoms with Crippen LogP contribution in [-0.2, 0) is 4.79 Å². The average molecular weight is 372 g/mol. The highest BCUT2D eigenvalue weighted by molar-refractivity contribution is 5.98. The number of amides is 1. The number of rotatable bonds is 5. The number of halogens is 1. The summed E-state index contributed by atoms with van der Waals surface area (Å²) in [6.07, 6.45) is 2.38. The van der Waals surface area contributed by atoms with Gasteiger partial charge in [0.05, 0.1) is 12.8 Å². The third-order valence-corrected chi connectivity index (χ3v) is 5.00. The lowest BCUT2D eigenvalue weighted by Crippen LogP contribution is -2.59. The first-order chi connectivity index (χ1) is 12.8. The quantitative estimate of drug-likeness (QED) is 0.745. The zero-order valence-corrected chi connectivity index (χ0v) is 16.1. The molecule has 0 aromatic heterocycles. The molecule has 2 aliphatic heterocycles. The third kappa shape index (κ3) is 3.46. The van der Waals surface area contributed by atoms with Crippen LogP contribution in [0.5, 0.6) is 0 Å². The fraction of sp³-hybridized carbons (Fsp3) is 0.450. The molecule has 144 valence electrons. The van der Waals surface area contributed by atoms with E-state index in [2.05, 4.69) is 9.89 Å². The minimum atomic E-state index is -0.372. The first kappa shape index (κ1) is 19.1. The van der Waals surface area contributed by atoms with Gasteiger partial charge in [-0.3, -0.25) is 14.6 Å². The van der Waals surface area contributed by atoms with Gasteiger partial charge in [-0.2, -0.15) is 0 Å². The molecule has 0 fully saturated rings. The second-order valence-electron chi connectivity index (χ2n) is 7.11. The number of carbonyl (C=O) groups is 2. The summed E-state index contributed by atoms with van der Waals surface area (Å²) < 4.78 is 13.1. The summed E-state index contributed by atoms with van der Waals surface area (Å²) in [5.74, 6) is 0.395. The average Bonchev–Trinajstić information content (AvgIpc) is 2.64. The van der Waals surface area contributed by atoms with Crippen LogP contribution >= 0.6 is 0 Å². The van der Waals surface area contributed by atoms with Crippen LogP contribution in [0.15, 0.2) is 40.8 Å². The van der Waals surface area contributed by atoms with Crippen LogP contribution in [-0.4, -0.2) is 64.9 Å². The van der Waals surface area contributed by atoms with E-state index in [4.69, 9.17) is 0 Å². The molecule has 0 saturated heterocycles. The van der Waals surface area contributed by atoms with Gasteiger partial charge in [0, 0.05) is 18.7 Å². The summed E-state index contributed by atoms with van der Waals surface area (Å²) in [4.78, 5) is 35.5. The first-order valence-corrected chi connectivity index (χ1v) is 9.18. The van der Waals surface area contributed by atoms with Gasteiger partial charge in [-0.15, -0.1) is 0 Å². The zero-order chi connectivity index (χ0) is 19.7. The van der Waals surface area contributed by atoms with E-state index >= 15 is 0 Å². The number of ketones is 1. The molecule has 0 unspecified atom stereocenters. The van der Waals surface area contributed by atoms with Crippen molar-refractivity contribution >= 4 is 17.9 Å². The maximum atomic E-state index is 13.1. The van der Waals surface area contributed by atoms with Crippen LogP contribution in [0.3, 0.4) is 0 Å². The number of nitrogens with zero attached hydrogens (tertiary/aromatic N) is 4. The lowest BCUT2D eigenvalue weighted by atomic mass is 10.0. The number of allylic oxidation sites excluding steroid dienone is 1. The zero-order valence-electron chi connectivity index (χ0n) is 16.1. The van der Waals surface area contributed by atoms with Crippen molar-refractivity contribution in [3.05, 3.63) is 47.2 Å². The van der Waals surface area contributed by atoms with Crippen LogP contribution < -0.4 is 0 Å². The van der Waals surface area contributed by atoms with E-state index in [1.807, 2.05) is 25.7 Å². The maximum absolute atomic E-state index is 13.1. The normalized spacial score (nSPS) is 19.9. The van der Waals surface area contributed by atoms with E-state index < -0.39 is 0 Å². The van der Waals surface area contributed by atoms with Crippen LogP contribution in [0.1, 0.15) is 37.6 Å². The highest BCUT2D eigenvalue weighted by Crippen LogP contribution is 2.31. The smallest absolute Gasteiger partial charge is 0.249 e. The van der Waals surface area contributed by atoms with Gasteiger partial charge in [-0.25, -0.2) is 4.39 Å². The number of Topliss-reactive ketones (excluding diaryl/α,β-unsaturated/α-hetero) is 1. The third-order valence-electron chi connectivity index (χ3n) is 5.00. The fourth-order valence-corrected chi connectivity index (χ4v) is 3.65. The molecule has 3 rings (SSSR count). The highest BCUT2D eigenvalue weighted by Gasteiger charge is 2.41. The summed E-state index contributed by atoms with van der Waals surface area (Å²) in [6, 6.07) is 5.37. The molecule has 2 heterocycles. The minimum Gasteiger partial charge on any atom is -0.342 e. The lowest BCUT2D eigenvalue weighted by Gasteiger charge is -2.48. The lowest BCUT2D eigenvalue weighted by molar-refractivity contribution is -0.136. The molecule has 1 aromatic carbocycles. The van der Waals surface area contributed by atoms with Crippen molar-refractivity contribution in [1.29, 1.82) is 0 Å². The molecule has 0 radical (unpaired) electrons. The predicted molar refractivity (Wildman–Crippen MR) is 102 cm³/mol. The fourth-order valence-electron chi connectivity index (χ4n) is 3.65. The molecule has 27 heavy (non-hydrogen) atoms. The standard InChI is InChI=1S/C20H25FN4O2/c1-5-16-20(27)23(4)17-10-22-12-24(19(17)25(16)13(2)3)11-18(26)14-6-8-15(21)9-7-14/h6-10,13,16H,5,11-12H2,1-4H3/t16-/m1/s1. The SMILES string of the molecule is CC[C@@H]1C(=O)N(C)C2=C(N(CC(=O)c3ccc(F)cc3)CN=C2)N1C(C)C. The number of benzene rings is 1. The molecular formula is C20H25FN4O2. The van der Waals surface area contributed by atoms with E-state index in [1.165, 1.54) is 24.3 Å². The molecule has 1 aromatic rings. The number of carbonyl (C=O) groups excluding carboxylic acids is 2. The number of aliphatic imine (C=N–C) groups is 1. The summed E-state index contributed by atoms with van der Waals surface area (Å²) in [6.45, 7) is 6.52. The minimum absolute atomic E-state index is 0.0307. The molecule has 0 saturated carbocycles. The van der Waals surface area contributed by atoms with E-state index in [9.17, 15) is 14.0 Å². The Hall–Kier alpha value is -2.70. The monoisotopic (exact) mass is 372 g/mol. The van der Waals surface area contributed by atoms with Crippen molar-refractivity contribution in [2.75, 3.05) is 20.3 Å². The summed E-state index contributed by atoms with van der Waals surface area (Å²) >= 11 is 0. The van der Waals surface area contributed by atoms with Gasteiger partial charge in [0.2, 0.25) is 5.91 Å². The van der Waals surface area contributed by atoms with Crippen molar-refractivity contribution in [1.82, 2.24) is 14.7 Å². The Morgan fingerprint density at radius 1 is 1.30 bits per heavy atom. The van der Waals surface area contributed by atoms with Crippen LogP contribution in [0.2, 0.25) is 0 Å². The number of hydrogen-bond acceptors (Lipinski definition) is 5. The van der Waals surface area contributed by atoms with Gasteiger partial charge in [-0.05, 0) is 44.5 Å². The van der Waals surface area contributed by atoms with Crippen LogP contribution in [0, 0.1) is 5.82 Å². The van der Waals surface area contributed by atoms with E-state index in [-0.39, 0.29) is 36.1 Å². The summed E-state index contributed by atoms with van der Waals surface area (Å²) in [5.41, 5.74) is 1.16. The Morgan fingerprint density at radius 2 is 1.96 bits per heavy atom. The van der Waals surface area contributed by atoms with E-state index in [0.717, 1.165) is 5.82 Å². The first-order valence-electron chi connectivity index (χ1n) is 9.18. The van der Waals surface area contributed by atoms with Gasteiger partial charge in [0.25, 0.3) is 0 Å². The second kappa shape index (κ2) is 7.50. The molecule has 0 aliphatic carbocycles. The van der Waals surface area contributed by atoms with Crippen molar-refractivity contribution in [3.63, 3.8) is 0 Å². The molecule has 1 atom stereocenters. The van der Waals surface area contributed by atoms with Crippen molar-refractivity contribution < 1.29 is 14.0 Å². The van der Waals surface area contributed by atoms with Gasteiger partial charge in [0.1, 0.15) is 30.0 Å². The largest absolute Gasteiger partial charge is 0.342 e. The Kier molecular flexibility index (Phi) is 5.30. The molecule has 7 heteroatoms. The molecule has 0 spiro atoms. The van der Waals surface area contributed by atoms with Gasteiger partial charge < -0.3 is 14.7 Å². The summed E-state index contributed by atoms with van der Waals surface area (Å²) in [7, 11) is 1.75. The van der Waals surface area contributed by atoms with Gasteiger partial charge >= 0.3 is 0 Å². The molecular weight excluding hydrogens is 347 g/mol. The number of likely N-dealkylation sites (N-methyl/N-ethyl adjacent to an activating group) is 1. The highest BCUT2D eigenvalue weighted by atomic mass is 19.1. The molecule has 0 N–H and O–H groups in total. The molecule has 2 aliphatic rings. The van der Waals surface area contributed by atoms with E-state index in [0.29, 0.717) is 24.4 Å². The second-order valence-corrected chi connectivity index (χ2v) is 7.11. The van der Waals surface area contributed by atoms with Crippen molar-refractivity contribution in [2.24, 2.45) is 4.99 Å². The Bertz CT molecular complexity index is 801. The topological polar surface area (TPSA) is 56.2 Å². The molecule has 6 nitrogen and oxygen atoms in total.